The van der Waals surface area contributed by atoms with Crippen LogP contribution in [0, 0.1) is 18.6 Å². The SMILES string of the molecule is CCC(=O)N1CCO[C@@H](Cc2c(-c3c(F)cc(C(=O)NC)cc3F)nc3cc(C)ccn23)C1. The van der Waals surface area contributed by atoms with Crippen LogP contribution in [0.25, 0.3) is 16.9 Å². The maximum Gasteiger partial charge on any atom is 0.251 e. The molecule has 2 amide bonds. The van der Waals surface area contributed by atoms with Gasteiger partial charge in [0.25, 0.3) is 5.91 Å². The number of fused-ring (bicyclic) bond motifs is 1. The Morgan fingerprint density at radius 2 is 1.97 bits per heavy atom. The monoisotopic (exact) mass is 456 g/mol. The zero-order valence-corrected chi connectivity index (χ0v) is 18.8. The van der Waals surface area contributed by atoms with Gasteiger partial charge in [0.15, 0.2) is 0 Å². The summed E-state index contributed by atoms with van der Waals surface area (Å²) < 4.78 is 37.9. The van der Waals surface area contributed by atoms with Gasteiger partial charge in [0.2, 0.25) is 5.91 Å². The lowest BCUT2D eigenvalue weighted by Crippen LogP contribution is -2.46. The lowest BCUT2D eigenvalue weighted by Gasteiger charge is -2.33. The average Bonchev–Trinajstić information content (AvgIpc) is 3.14. The predicted molar refractivity (Wildman–Crippen MR) is 119 cm³/mol. The Morgan fingerprint density at radius 3 is 2.64 bits per heavy atom. The molecule has 9 heteroatoms. The summed E-state index contributed by atoms with van der Waals surface area (Å²) in [4.78, 5) is 30.3. The van der Waals surface area contributed by atoms with Crippen molar-refractivity contribution < 1.29 is 23.1 Å². The number of halogens is 2. The third kappa shape index (κ3) is 4.45. The number of pyridine rings is 1. The van der Waals surface area contributed by atoms with Gasteiger partial charge in [0, 0.05) is 44.7 Å². The molecule has 0 saturated carbocycles. The normalized spacial score (nSPS) is 16.3. The van der Waals surface area contributed by atoms with Gasteiger partial charge >= 0.3 is 0 Å². The van der Waals surface area contributed by atoms with Gasteiger partial charge in [-0.05, 0) is 36.8 Å². The van der Waals surface area contributed by atoms with Gasteiger partial charge in [-0.25, -0.2) is 13.8 Å². The van der Waals surface area contributed by atoms with Crippen molar-refractivity contribution in [3.8, 4) is 11.3 Å². The molecule has 1 saturated heterocycles. The van der Waals surface area contributed by atoms with Gasteiger partial charge < -0.3 is 19.4 Å². The number of nitrogens with one attached hydrogen (secondary N) is 1. The molecule has 0 unspecified atom stereocenters. The van der Waals surface area contributed by atoms with Crippen molar-refractivity contribution in [3.63, 3.8) is 0 Å². The van der Waals surface area contributed by atoms with Crippen molar-refractivity contribution in [1.29, 1.82) is 0 Å². The summed E-state index contributed by atoms with van der Waals surface area (Å²) in [6.07, 6.45) is 2.18. The Balaban J connectivity index is 1.79. The van der Waals surface area contributed by atoms with Gasteiger partial charge in [-0.3, -0.25) is 9.59 Å². The molecule has 7 nitrogen and oxygen atoms in total. The fourth-order valence-corrected chi connectivity index (χ4v) is 4.18. The van der Waals surface area contributed by atoms with Crippen molar-refractivity contribution in [2.75, 3.05) is 26.7 Å². The van der Waals surface area contributed by atoms with Crippen LogP contribution < -0.4 is 5.32 Å². The van der Waals surface area contributed by atoms with Crippen molar-refractivity contribution in [3.05, 3.63) is 58.9 Å². The van der Waals surface area contributed by atoms with E-state index >= 15 is 8.78 Å². The molecule has 0 aliphatic carbocycles. The van der Waals surface area contributed by atoms with Crippen LogP contribution in [0.5, 0.6) is 0 Å². The highest BCUT2D eigenvalue weighted by molar-refractivity contribution is 5.94. The summed E-state index contributed by atoms with van der Waals surface area (Å²) in [5.74, 6) is -2.29. The molecule has 33 heavy (non-hydrogen) atoms. The third-order valence-electron chi connectivity index (χ3n) is 5.86. The highest BCUT2D eigenvalue weighted by Gasteiger charge is 2.28. The Bertz CT molecular complexity index is 1200. The fourth-order valence-electron chi connectivity index (χ4n) is 4.18. The predicted octanol–water partition coefficient (Wildman–Crippen LogP) is 3.13. The van der Waals surface area contributed by atoms with Crippen LogP contribution in [0.3, 0.4) is 0 Å². The molecular weight excluding hydrogens is 430 g/mol. The first kappa shape index (κ1) is 22.8. The third-order valence-corrected chi connectivity index (χ3v) is 5.86. The van der Waals surface area contributed by atoms with Gasteiger partial charge in [0.1, 0.15) is 17.3 Å². The molecule has 174 valence electrons. The van der Waals surface area contributed by atoms with Crippen LogP contribution in [0.2, 0.25) is 0 Å². The molecule has 0 spiro atoms. The second-order valence-electron chi connectivity index (χ2n) is 8.12. The quantitative estimate of drug-likeness (QED) is 0.640. The Kier molecular flexibility index (Phi) is 6.42. The molecule has 1 aromatic carbocycles. The van der Waals surface area contributed by atoms with E-state index in [4.69, 9.17) is 4.74 Å². The number of morpholine rings is 1. The van der Waals surface area contributed by atoms with Crippen molar-refractivity contribution in [2.24, 2.45) is 0 Å². The minimum Gasteiger partial charge on any atom is -0.374 e. The lowest BCUT2D eigenvalue weighted by atomic mass is 10.0. The maximum atomic E-state index is 15.1. The number of amides is 2. The second-order valence-corrected chi connectivity index (χ2v) is 8.12. The van der Waals surface area contributed by atoms with E-state index in [9.17, 15) is 9.59 Å². The summed E-state index contributed by atoms with van der Waals surface area (Å²) >= 11 is 0. The van der Waals surface area contributed by atoms with Crippen molar-refractivity contribution >= 4 is 17.5 Å². The Hall–Kier alpha value is -3.33. The number of aromatic nitrogens is 2. The summed E-state index contributed by atoms with van der Waals surface area (Å²) in [6.45, 7) is 5.03. The molecule has 1 fully saturated rings. The van der Waals surface area contributed by atoms with Crippen molar-refractivity contribution in [2.45, 2.75) is 32.8 Å². The van der Waals surface area contributed by atoms with E-state index in [1.165, 1.54) is 7.05 Å². The Morgan fingerprint density at radius 1 is 1.24 bits per heavy atom. The largest absolute Gasteiger partial charge is 0.374 e. The zero-order chi connectivity index (χ0) is 23.7. The molecule has 1 atom stereocenters. The standard InChI is InChI=1S/C24H26F2N4O3/c1-4-21(31)29-7-8-33-16(13-29)12-19-23(28-20-9-14(2)5-6-30(19)20)22-17(25)10-15(11-18(22)26)24(32)27-3/h5-6,9-11,16H,4,7-8,12-13H2,1-3H3,(H,27,32)/t16-/m0/s1. The zero-order valence-electron chi connectivity index (χ0n) is 18.8. The van der Waals surface area contributed by atoms with E-state index in [-0.39, 0.29) is 28.8 Å². The number of ether oxygens (including phenoxy) is 1. The molecule has 1 aliphatic rings. The average molecular weight is 456 g/mol. The van der Waals surface area contributed by atoms with Crippen LogP contribution in [-0.4, -0.2) is 58.9 Å². The molecule has 3 heterocycles. The van der Waals surface area contributed by atoms with E-state index in [1.807, 2.05) is 32.2 Å². The van der Waals surface area contributed by atoms with E-state index in [2.05, 4.69) is 10.3 Å². The molecule has 4 rings (SSSR count). The van der Waals surface area contributed by atoms with Crippen LogP contribution in [0.4, 0.5) is 8.78 Å². The van der Waals surface area contributed by atoms with Gasteiger partial charge in [-0.15, -0.1) is 0 Å². The van der Waals surface area contributed by atoms with E-state index in [0.29, 0.717) is 43.9 Å². The highest BCUT2D eigenvalue weighted by Crippen LogP contribution is 2.32. The number of hydrogen-bond acceptors (Lipinski definition) is 4. The van der Waals surface area contributed by atoms with Gasteiger partial charge in [0.05, 0.1) is 29.7 Å². The minimum atomic E-state index is -0.873. The number of hydrogen-bond donors (Lipinski definition) is 1. The molecule has 3 aromatic rings. The van der Waals surface area contributed by atoms with Crippen LogP contribution in [0.1, 0.15) is 35.0 Å². The van der Waals surface area contributed by atoms with Crippen molar-refractivity contribution in [1.82, 2.24) is 19.6 Å². The highest BCUT2D eigenvalue weighted by atomic mass is 19.1. The number of carbonyl (C=O) groups excluding carboxylic acids is 2. The topological polar surface area (TPSA) is 75.9 Å². The first-order valence-electron chi connectivity index (χ1n) is 10.9. The van der Waals surface area contributed by atoms with E-state index < -0.39 is 17.5 Å². The summed E-state index contributed by atoms with van der Waals surface area (Å²) in [5, 5.41) is 2.37. The molecule has 0 bridgehead atoms. The lowest BCUT2D eigenvalue weighted by molar-refractivity contribution is -0.138. The first-order chi connectivity index (χ1) is 15.8. The van der Waals surface area contributed by atoms with Crippen LogP contribution >= 0.6 is 0 Å². The Labute approximate surface area is 190 Å². The molecule has 0 radical (unpaired) electrons. The number of rotatable bonds is 5. The number of aryl methyl sites for hydroxylation is 1. The smallest absolute Gasteiger partial charge is 0.251 e. The molecule has 2 aromatic heterocycles. The number of carbonyl (C=O) groups is 2. The number of benzene rings is 1. The fraction of sp³-hybridized carbons (Fsp3) is 0.375. The van der Waals surface area contributed by atoms with Gasteiger partial charge in [-0.1, -0.05) is 6.92 Å². The summed E-state index contributed by atoms with van der Waals surface area (Å²) in [6, 6.07) is 5.73. The number of imidazole rings is 1. The first-order valence-corrected chi connectivity index (χ1v) is 10.9. The van der Waals surface area contributed by atoms with Crippen LogP contribution in [0.15, 0.2) is 30.5 Å². The maximum absolute atomic E-state index is 15.1. The second kappa shape index (κ2) is 9.27. The van der Waals surface area contributed by atoms with Crippen LogP contribution in [-0.2, 0) is 16.0 Å². The van der Waals surface area contributed by atoms with E-state index in [1.54, 1.807) is 9.30 Å². The van der Waals surface area contributed by atoms with Gasteiger partial charge in [-0.2, -0.15) is 0 Å². The number of nitrogens with zero attached hydrogens (tertiary/aromatic N) is 3. The summed E-state index contributed by atoms with van der Waals surface area (Å²) in [7, 11) is 1.39. The summed E-state index contributed by atoms with van der Waals surface area (Å²) in [5.41, 5.74) is 1.83. The van der Waals surface area contributed by atoms with E-state index in [0.717, 1.165) is 17.7 Å². The molecule has 1 aliphatic heterocycles. The minimum absolute atomic E-state index is 0.0409. The molecule has 1 N–H and O–H groups in total. The molecular formula is C24H26F2N4O3.